The zero-order valence-electron chi connectivity index (χ0n) is 33.2. The molecule has 1 fully saturated rings. The van der Waals surface area contributed by atoms with E-state index in [9.17, 15) is 19.0 Å². The van der Waals surface area contributed by atoms with Crippen molar-refractivity contribution < 1.29 is 39.4 Å². The Kier molecular flexibility index (Phi) is 16.8. The maximum Gasteiger partial charge on any atom is 1.00 e. The van der Waals surface area contributed by atoms with Gasteiger partial charge in [-0.25, -0.2) is 4.79 Å². The van der Waals surface area contributed by atoms with Gasteiger partial charge in [-0.2, -0.15) is 4.89 Å². The first kappa shape index (κ1) is 43.1. The minimum atomic E-state index is -3.11. The van der Waals surface area contributed by atoms with Crippen molar-refractivity contribution in [3.05, 3.63) is 128 Å². The summed E-state index contributed by atoms with van der Waals surface area (Å²) in [6.07, 6.45) is -0.0577. The van der Waals surface area contributed by atoms with Crippen molar-refractivity contribution in [3.8, 4) is 23.3 Å². The highest BCUT2D eigenvalue weighted by atomic mass is 31.1. The van der Waals surface area contributed by atoms with Crippen molar-refractivity contribution in [2.45, 2.75) is 71.0 Å². The summed E-state index contributed by atoms with van der Waals surface area (Å²) in [4.78, 5) is 44.8. The Hall–Kier alpha value is -4.64. The normalized spacial score (nSPS) is 16.8. The standard InChI is InChI=1S/C35H35N2O10P.C6H15N/c1-4-5-7-10-24-22-37(34(39)36-33(24)38)32-21-30(46-47-48(40)41)31(45-32)23-44-35(25-11-8-6-9-12-25,26-13-17-28(42-2)18-14-26)27-15-19-29(43-3)20-16-27;1-4-7(5-2)6-3/h6,8-9,11-20,22,30-32H,4-5,21,23H2,1-3H3,(H-,36,38,39,40,41);4-6H2,1-3H3/p+2/t30-,31+,32+;/m0./s1. The molecule has 0 aliphatic carbocycles. The predicted octanol–water partition coefficient (Wildman–Crippen LogP) is 6.43. The van der Waals surface area contributed by atoms with Gasteiger partial charge < -0.3 is 23.8 Å². The number of H-pyrrole nitrogens is 1. The molecule has 1 unspecified atom stereocenters. The third kappa shape index (κ3) is 11.2. The third-order valence-corrected chi connectivity index (χ3v) is 9.48. The van der Waals surface area contributed by atoms with Crippen LogP contribution >= 0.6 is 8.25 Å². The molecule has 2 N–H and O–H groups in total. The predicted molar refractivity (Wildman–Crippen MR) is 210 cm³/mol. The highest BCUT2D eigenvalue weighted by Crippen LogP contribution is 2.43. The van der Waals surface area contributed by atoms with Crippen LogP contribution in [0.3, 0.4) is 0 Å². The van der Waals surface area contributed by atoms with Gasteiger partial charge in [0, 0.05) is 23.6 Å². The van der Waals surface area contributed by atoms with E-state index in [4.69, 9.17) is 23.8 Å². The molecule has 4 atom stereocenters. The van der Waals surface area contributed by atoms with Crippen molar-refractivity contribution in [1.82, 2.24) is 14.5 Å². The maximum atomic E-state index is 12.9. The van der Waals surface area contributed by atoms with Gasteiger partial charge in [0.15, 0.2) is 0 Å². The first-order valence-corrected chi connectivity index (χ1v) is 19.5. The Labute approximate surface area is 324 Å². The first-order valence-electron chi connectivity index (χ1n) is 18.3. The highest BCUT2D eigenvalue weighted by molar-refractivity contribution is 7.31. The van der Waals surface area contributed by atoms with Gasteiger partial charge in [0.25, 0.3) is 5.56 Å². The van der Waals surface area contributed by atoms with Gasteiger partial charge in [-0.15, -0.1) is 4.89 Å². The lowest BCUT2D eigenvalue weighted by Gasteiger charge is -2.37. The molecule has 1 saturated heterocycles. The molecular formula is C41H52N3O10P+2. The van der Waals surface area contributed by atoms with Crippen LogP contribution in [0.4, 0.5) is 0 Å². The summed E-state index contributed by atoms with van der Waals surface area (Å²) >= 11 is 0. The first-order chi connectivity index (χ1) is 26.6. The van der Waals surface area contributed by atoms with E-state index in [1.807, 2.05) is 85.8 Å². The number of hydrogen-bond donors (Lipinski definition) is 2. The Balaban J connectivity index is 0.000000960. The van der Waals surface area contributed by atoms with Crippen LogP contribution in [0.5, 0.6) is 11.5 Å². The van der Waals surface area contributed by atoms with Crippen molar-refractivity contribution in [3.63, 3.8) is 0 Å². The minimum Gasteiger partial charge on any atom is -0.497 e. The molecular weight excluding hydrogens is 725 g/mol. The molecule has 13 nitrogen and oxygen atoms in total. The van der Waals surface area contributed by atoms with E-state index < -0.39 is 43.5 Å². The fraction of sp³-hybridized carbons (Fsp3) is 0.415. The minimum absolute atomic E-state index is 0. The summed E-state index contributed by atoms with van der Waals surface area (Å²) in [5.41, 5.74) is -0.0868. The number of rotatable bonds is 16. The molecule has 2 heterocycles. The summed E-state index contributed by atoms with van der Waals surface area (Å²) in [5.74, 6) is 7.03. The van der Waals surface area contributed by atoms with Crippen LogP contribution in [0.1, 0.15) is 76.9 Å². The number of methoxy groups -OCH3 is 2. The highest BCUT2D eigenvalue weighted by Gasteiger charge is 2.44. The van der Waals surface area contributed by atoms with E-state index in [1.165, 1.54) is 30.4 Å². The summed E-state index contributed by atoms with van der Waals surface area (Å²) in [6, 6.07) is 24.6. The molecule has 5 rings (SSSR count). The van der Waals surface area contributed by atoms with E-state index in [1.54, 1.807) is 14.2 Å². The molecule has 1 aromatic heterocycles. The molecule has 1 aliphatic heterocycles. The zero-order chi connectivity index (χ0) is 39.8. The topological polar surface area (TPSA) is 151 Å². The van der Waals surface area contributed by atoms with Crippen molar-refractivity contribution in [2.24, 2.45) is 0 Å². The molecule has 3 aromatic carbocycles. The third-order valence-electron chi connectivity index (χ3n) is 9.27. The SMILES string of the molecule is CCCC#Cc1cn([C@H]2C[C@H](OO[P+](=O)O)[C@@H](COC(c3ccccc3)(c3ccc(OC)cc3)c3ccc(OC)cc3)O2)c(=O)[nH]c1=O.CCN(CC)CC.[H+]. The maximum absolute atomic E-state index is 12.9. The van der Waals surface area contributed by atoms with Gasteiger partial charge in [0.1, 0.15) is 41.1 Å². The van der Waals surface area contributed by atoms with Gasteiger partial charge in [-0.1, -0.05) is 94.1 Å². The van der Waals surface area contributed by atoms with Crippen LogP contribution in [0.2, 0.25) is 0 Å². The van der Waals surface area contributed by atoms with Crippen molar-refractivity contribution in [2.75, 3.05) is 40.5 Å². The lowest BCUT2D eigenvalue weighted by Crippen LogP contribution is -2.38. The molecule has 0 bridgehead atoms. The van der Waals surface area contributed by atoms with E-state index >= 15 is 0 Å². The molecule has 0 spiro atoms. The van der Waals surface area contributed by atoms with Crippen LogP contribution in [0.15, 0.2) is 94.6 Å². The van der Waals surface area contributed by atoms with Gasteiger partial charge in [0.2, 0.25) is 0 Å². The van der Waals surface area contributed by atoms with Gasteiger partial charge in [0.05, 0.1) is 25.5 Å². The van der Waals surface area contributed by atoms with E-state index in [2.05, 4.69) is 47.2 Å². The van der Waals surface area contributed by atoms with Gasteiger partial charge >= 0.3 is 15.4 Å². The Morgan fingerprint density at radius 1 is 0.909 bits per heavy atom. The molecule has 4 aromatic rings. The second-order valence-electron chi connectivity index (χ2n) is 12.5. The fourth-order valence-electron chi connectivity index (χ4n) is 6.24. The van der Waals surface area contributed by atoms with Crippen molar-refractivity contribution in [1.29, 1.82) is 0 Å². The number of nitrogens with one attached hydrogen (secondary N) is 1. The fourth-order valence-corrected chi connectivity index (χ4v) is 6.42. The number of unbranched alkanes of at least 4 members (excludes halogenated alkanes) is 1. The number of ether oxygens (including phenoxy) is 4. The zero-order valence-corrected chi connectivity index (χ0v) is 33.1. The van der Waals surface area contributed by atoms with E-state index in [0.717, 1.165) is 23.1 Å². The summed E-state index contributed by atoms with van der Waals surface area (Å²) < 4.78 is 41.4. The van der Waals surface area contributed by atoms with Gasteiger partial charge in [-0.3, -0.25) is 14.3 Å². The second kappa shape index (κ2) is 21.5. The lowest BCUT2D eigenvalue weighted by atomic mass is 9.80. The molecule has 55 heavy (non-hydrogen) atoms. The monoisotopic (exact) mass is 777 g/mol. The van der Waals surface area contributed by atoms with Crippen LogP contribution in [0, 0.1) is 11.8 Å². The molecule has 0 saturated carbocycles. The van der Waals surface area contributed by atoms with E-state index in [-0.39, 0.29) is 20.0 Å². The number of benzene rings is 3. The Bertz CT molecular complexity index is 1920. The summed E-state index contributed by atoms with van der Waals surface area (Å²) in [6.45, 7) is 12.0. The van der Waals surface area contributed by atoms with Crippen LogP contribution in [-0.2, 0) is 29.2 Å². The smallest absolute Gasteiger partial charge is 0.497 e. The summed E-state index contributed by atoms with van der Waals surface area (Å²) in [7, 11) is 0.0695. The Morgan fingerprint density at radius 2 is 1.47 bits per heavy atom. The molecule has 294 valence electrons. The van der Waals surface area contributed by atoms with Gasteiger partial charge in [-0.05, 0) is 67.0 Å². The largest absolute Gasteiger partial charge is 1.00 e. The quantitative estimate of drug-likeness (QED) is 0.0426. The van der Waals surface area contributed by atoms with Crippen LogP contribution in [-0.4, -0.2) is 72.0 Å². The molecule has 1 aliphatic rings. The summed E-state index contributed by atoms with van der Waals surface area (Å²) in [5, 5.41) is 0. The number of nitrogens with zero attached hydrogens (tertiary/aromatic N) is 2. The van der Waals surface area contributed by atoms with Crippen LogP contribution in [0.25, 0.3) is 0 Å². The molecule has 14 heteroatoms. The second-order valence-corrected chi connectivity index (χ2v) is 13.1. The number of aromatic amines is 1. The Morgan fingerprint density at radius 3 is 1.96 bits per heavy atom. The molecule has 0 radical (unpaired) electrons. The number of aromatic nitrogens is 2. The average molecular weight is 778 g/mol. The lowest BCUT2D eigenvalue weighted by molar-refractivity contribution is -0.260. The molecule has 0 amide bonds. The van der Waals surface area contributed by atoms with Crippen LogP contribution < -0.4 is 20.7 Å². The van der Waals surface area contributed by atoms with E-state index in [0.29, 0.717) is 17.9 Å². The number of hydrogen-bond acceptors (Lipinski definition) is 10. The average Bonchev–Trinajstić information content (AvgIpc) is 3.62. The van der Waals surface area contributed by atoms with Crippen molar-refractivity contribution >= 4 is 8.25 Å².